The van der Waals surface area contributed by atoms with Crippen LogP contribution < -0.4 is 0 Å². The first-order valence-electron chi connectivity index (χ1n) is 4.72. The van der Waals surface area contributed by atoms with Crippen molar-refractivity contribution in [3.8, 4) is 0 Å². The summed E-state index contributed by atoms with van der Waals surface area (Å²) in [5.74, 6) is -0.267. The molecule has 0 radical (unpaired) electrons. The third-order valence-corrected chi connectivity index (χ3v) is 1.69. The van der Waals surface area contributed by atoms with Crippen molar-refractivity contribution >= 4 is 5.97 Å². The number of hydrogen-bond acceptors (Lipinski definition) is 5. The maximum absolute atomic E-state index is 11.1. The van der Waals surface area contributed by atoms with Gasteiger partial charge in [-0.15, -0.1) is 0 Å². The van der Waals surface area contributed by atoms with Gasteiger partial charge in [0.1, 0.15) is 0 Å². The second kappa shape index (κ2) is 8.93. The second-order valence-electron chi connectivity index (χ2n) is 2.80. The van der Waals surface area contributed by atoms with Gasteiger partial charge in [0.05, 0.1) is 26.4 Å². The van der Waals surface area contributed by atoms with E-state index in [1.165, 1.54) is 0 Å². The average molecular weight is 205 g/mol. The Morgan fingerprint density at radius 2 is 2.14 bits per heavy atom. The van der Waals surface area contributed by atoms with Crippen LogP contribution in [0.5, 0.6) is 0 Å². The third kappa shape index (κ3) is 6.82. The highest BCUT2D eigenvalue weighted by Gasteiger charge is 2.10. The SMILES string of the molecule is CCOC(=O)CN(CCO)CCOC. The number of carbonyl (C=O) groups is 1. The lowest BCUT2D eigenvalue weighted by atomic mass is 10.4. The maximum atomic E-state index is 11.1. The second-order valence-corrected chi connectivity index (χ2v) is 2.80. The number of nitrogens with zero attached hydrogens (tertiary/aromatic N) is 1. The summed E-state index contributed by atoms with van der Waals surface area (Å²) in [6.45, 7) is 4.01. The molecule has 0 saturated carbocycles. The summed E-state index contributed by atoms with van der Waals surface area (Å²) in [6, 6.07) is 0. The smallest absolute Gasteiger partial charge is 0.320 e. The monoisotopic (exact) mass is 205 g/mol. The molecule has 0 atom stereocenters. The van der Waals surface area contributed by atoms with Gasteiger partial charge in [-0.3, -0.25) is 9.69 Å². The van der Waals surface area contributed by atoms with E-state index in [0.29, 0.717) is 26.3 Å². The van der Waals surface area contributed by atoms with E-state index in [-0.39, 0.29) is 19.1 Å². The number of carbonyl (C=O) groups excluding carboxylic acids is 1. The molecular formula is C9H19NO4. The highest BCUT2D eigenvalue weighted by molar-refractivity contribution is 5.71. The molecule has 14 heavy (non-hydrogen) atoms. The minimum Gasteiger partial charge on any atom is -0.465 e. The van der Waals surface area contributed by atoms with Gasteiger partial charge in [0, 0.05) is 20.2 Å². The molecule has 0 fully saturated rings. The highest BCUT2D eigenvalue weighted by Crippen LogP contribution is 1.90. The van der Waals surface area contributed by atoms with Crippen molar-refractivity contribution in [2.45, 2.75) is 6.92 Å². The van der Waals surface area contributed by atoms with Gasteiger partial charge in [-0.25, -0.2) is 0 Å². The van der Waals surface area contributed by atoms with Gasteiger partial charge in [0.15, 0.2) is 0 Å². The Morgan fingerprint density at radius 1 is 1.43 bits per heavy atom. The quantitative estimate of drug-likeness (QED) is 0.541. The van der Waals surface area contributed by atoms with Gasteiger partial charge in [0.25, 0.3) is 0 Å². The van der Waals surface area contributed by atoms with Crippen molar-refractivity contribution in [1.82, 2.24) is 4.90 Å². The highest BCUT2D eigenvalue weighted by atomic mass is 16.5. The number of ether oxygens (including phenoxy) is 2. The summed E-state index contributed by atoms with van der Waals surface area (Å²) in [5.41, 5.74) is 0. The third-order valence-electron chi connectivity index (χ3n) is 1.69. The fourth-order valence-corrected chi connectivity index (χ4v) is 1.02. The molecule has 0 aliphatic carbocycles. The number of esters is 1. The predicted octanol–water partition coefficient (Wildman–Crippen LogP) is -0.510. The van der Waals surface area contributed by atoms with Crippen LogP contribution in [-0.2, 0) is 14.3 Å². The van der Waals surface area contributed by atoms with Crippen LogP contribution in [-0.4, -0.2) is 62.5 Å². The first kappa shape index (κ1) is 13.4. The standard InChI is InChI=1S/C9H19NO4/c1-3-14-9(12)8-10(4-6-11)5-7-13-2/h11H,3-8H2,1-2H3. The summed E-state index contributed by atoms with van der Waals surface area (Å²) >= 11 is 0. The van der Waals surface area contributed by atoms with Crippen LogP contribution in [0.15, 0.2) is 0 Å². The minimum atomic E-state index is -0.267. The Morgan fingerprint density at radius 3 is 2.64 bits per heavy atom. The van der Waals surface area contributed by atoms with Crippen molar-refractivity contribution in [3.63, 3.8) is 0 Å². The molecule has 5 heteroatoms. The molecule has 5 nitrogen and oxygen atoms in total. The van der Waals surface area contributed by atoms with Crippen LogP contribution in [0.4, 0.5) is 0 Å². The van der Waals surface area contributed by atoms with Crippen LogP contribution in [0.25, 0.3) is 0 Å². The van der Waals surface area contributed by atoms with Crippen molar-refractivity contribution in [2.75, 3.05) is 46.6 Å². The zero-order valence-corrected chi connectivity index (χ0v) is 8.86. The molecule has 1 N–H and O–H groups in total. The zero-order valence-electron chi connectivity index (χ0n) is 8.86. The molecule has 0 unspecified atom stereocenters. The van der Waals surface area contributed by atoms with Gasteiger partial charge in [-0.1, -0.05) is 0 Å². The van der Waals surface area contributed by atoms with Gasteiger partial charge < -0.3 is 14.6 Å². The van der Waals surface area contributed by atoms with Gasteiger partial charge in [-0.05, 0) is 6.92 Å². The number of rotatable bonds is 8. The molecule has 0 aromatic carbocycles. The molecule has 0 spiro atoms. The molecule has 0 aromatic heterocycles. The molecule has 0 aromatic rings. The van der Waals surface area contributed by atoms with E-state index >= 15 is 0 Å². The van der Waals surface area contributed by atoms with Crippen LogP contribution >= 0.6 is 0 Å². The molecule has 0 saturated heterocycles. The van der Waals surface area contributed by atoms with Gasteiger partial charge in [0.2, 0.25) is 0 Å². The molecule has 0 aliphatic heterocycles. The summed E-state index contributed by atoms with van der Waals surface area (Å²) in [4.78, 5) is 12.9. The summed E-state index contributed by atoms with van der Waals surface area (Å²) in [5, 5.41) is 8.74. The maximum Gasteiger partial charge on any atom is 0.320 e. The first-order chi connectivity index (χ1) is 6.74. The molecule has 0 amide bonds. The van der Waals surface area contributed by atoms with E-state index in [4.69, 9.17) is 14.6 Å². The fraction of sp³-hybridized carbons (Fsp3) is 0.889. The van der Waals surface area contributed by atoms with Crippen LogP contribution in [0.2, 0.25) is 0 Å². The molecular weight excluding hydrogens is 186 g/mol. The van der Waals surface area contributed by atoms with Gasteiger partial charge >= 0.3 is 5.97 Å². The van der Waals surface area contributed by atoms with E-state index in [1.54, 1.807) is 18.9 Å². The van der Waals surface area contributed by atoms with Crippen LogP contribution in [0.3, 0.4) is 0 Å². The van der Waals surface area contributed by atoms with E-state index in [9.17, 15) is 4.79 Å². The topological polar surface area (TPSA) is 59.0 Å². The molecule has 84 valence electrons. The lowest BCUT2D eigenvalue weighted by Crippen LogP contribution is -2.35. The zero-order chi connectivity index (χ0) is 10.8. The number of aliphatic hydroxyl groups is 1. The lowest BCUT2D eigenvalue weighted by molar-refractivity contribution is -0.144. The normalized spacial score (nSPS) is 10.6. The minimum absolute atomic E-state index is 0.0309. The van der Waals surface area contributed by atoms with E-state index in [0.717, 1.165) is 0 Å². The summed E-state index contributed by atoms with van der Waals surface area (Å²) in [6.07, 6.45) is 0. The van der Waals surface area contributed by atoms with Crippen LogP contribution in [0.1, 0.15) is 6.92 Å². The Balaban J connectivity index is 3.75. The molecule has 0 bridgehead atoms. The van der Waals surface area contributed by atoms with Crippen molar-refractivity contribution in [1.29, 1.82) is 0 Å². The number of hydrogen-bond donors (Lipinski definition) is 1. The number of methoxy groups -OCH3 is 1. The Labute approximate surface area is 84.6 Å². The molecule has 0 rings (SSSR count). The first-order valence-corrected chi connectivity index (χ1v) is 4.72. The largest absolute Gasteiger partial charge is 0.465 e. The number of aliphatic hydroxyl groups excluding tert-OH is 1. The summed E-state index contributed by atoms with van der Waals surface area (Å²) < 4.78 is 9.68. The van der Waals surface area contributed by atoms with Crippen molar-refractivity contribution in [2.24, 2.45) is 0 Å². The Hall–Kier alpha value is -0.650. The lowest BCUT2D eigenvalue weighted by Gasteiger charge is -2.19. The van der Waals surface area contributed by atoms with Crippen molar-refractivity contribution in [3.05, 3.63) is 0 Å². The Kier molecular flexibility index (Phi) is 8.51. The fourth-order valence-electron chi connectivity index (χ4n) is 1.02. The van der Waals surface area contributed by atoms with Crippen LogP contribution in [0, 0.1) is 0 Å². The van der Waals surface area contributed by atoms with Gasteiger partial charge in [-0.2, -0.15) is 0 Å². The Bertz CT molecular complexity index is 152. The summed E-state index contributed by atoms with van der Waals surface area (Å²) in [7, 11) is 1.60. The van der Waals surface area contributed by atoms with E-state index in [1.807, 2.05) is 0 Å². The average Bonchev–Trinajstić information content (AvgIpc) is 2.15. The van der Waals surface area contributed by atoms with E-state index in [2.05, 4.69) is 0 Å². The van der Waals surface area contributed by atoms with Crippen molar-refractivity contribution < 1.29 is 19.4 Å². The predicted molar refractivity (Wildman–Crippen MR) is 52.0 cm³/mol. The molecule has 0 aliphatic rings. The molecule has 0 heterocycles. The van der Waals surface area contributed by atoms with E-state index < -0.39 is 0 Å².